The number of halogens is 2. The number of aryl methyl sites for hydroxylation is 1. The molecule has 1 aromatic heterocycles. The average Bonchev–Trinajstić information content (AvgIpc) is 2.83. The maximum Gasteiger partial charge on any atom is 0.162 e. The van der Waals surface area contributed by atoms with Crippen LogP contribution >= 0.6 is 0 Å². The molecule has 2 nitrogen and oxygen atoms in total. The van der Waals surface area contributed by atoms with E-state index in [1.807, 2.05) is 18.3 Å². The number of ether oxygens (including phenoxy) is 1. The standard InChI is InChI=1S/C28H37F2NO/c1-3-5-19-7-16-26(31-17-19)21-10-8-20(9-11-21)24-14-15-25(28(30)27(24)29)22-12-13-23(6-4-2)32-18-22/h7,14-17,20-23H,3-6,8-13,18H2,1-2H3. The fourth-order valence-electron chi connectivity index (χ4n) is 5.62. The Morgan fingerprint density at radius 3 is 2.03 bits per heavy atom. The van der Waals surface area contributed by atoms with Crippen LogP contribution in [0.2, 0.25) is 0 Å². The van der Waals surface area contributed by atoms with Gasteiger partial charge in [0.15, 0.2) is 11.6 Å². The number of pyridine rings is 1. The molecule has 0 radical (unpaired) electrons. The van der Waals surface area contributed by atoms with Gasteiger partial charge in [-0.1, -0.05) is 44.9 Å². The lowest BCUT2D eigenvalue weighted by Crippen LogP contribution is -2.25. The third kappa shape index (κ3) is 5.22. The minimum atomic E-state index is -0.652. The smallest absolute Gasteiger partial charge is 0.162 e. The zero-order chi connectivity index (χ0) is 22.5. The summed E-state index contributed by atoms with van der Waals surface area (Å²) in [6.07, 6.45) is 12.1. The molecule has 0 spiro atoms. The van der Waals surface area contributed by atoms with Crippen LogP contribution in [-0.4, -0.2) is 17.7 Å². The average molecular weight is 442 g/mol. The number of benzene rings is 1. The summed E-state index contributed by atoms with van der Waals surface area (Å²) in [4.78, 5) is 4.68. The predicted octanol–water partition coefficient (Wildman–Crippen LogP) is 7.82. The SMILES string of the molecule is CCCc1ccc(C2CCC(c3ccc(C4CCC(CCC)OC4)c(F)c3F)CC2)nc1. The molecular formula is C28H37F2NO. The van der Waals surface area contributed by atoms with Gasteiger partial charge in [-0.05, 0) is 80.0 Å². The molecule has 1 saturated carbocycles. The molecule has 1 aliphatic heterocycles. The van der Waals surface area contributed by atoms with Crippen LogP contribution in [0, 0.1) is 11.6 Å². The number of nitrogens with zero attached hydrogens (tertiary/aromatic N) is 1. The van der Waals surface area contributed by atoms with Crippen molar-refractivity contribution in [2.24, 2.45) is 0 Å². The Labute approximate surface area is 191 Å². The number of hydrogen-bond acceptors (Lipinski definition) is 2. The molecule has 4 heteroatoms. The first-order chi connectivity index (χ1) is 15.6. The summed E-state index contributed by atoms with van der Waals surface area (Å²) in [7, 11) is 0. The summed E-state index contributed by atoms with van der Waals surface area (Å²) >= 11 is 0. The molecule has 2 atom stereocenters. The molecule has 1 aromatic carbocycles. The molecule has 1 saturated heterocycles. The largest absolute Gasteiger partial charge is 0.378 e. The van der Waals surface area contributed by atoms with Gasteiger partial charge < -0.3 is 4.74 Å². The quantitative estimate of drug-likeness (QED) is 0.437. The van der Waals surface area contributed by atoms with Crippen molar-refractivity contribution >= 4 is 0 Å². The van der Waals surface area contributed by atoms with E-state index < -0.39 is 11.6 Å². The Balaban J connectivity index is 1.38. The van der Waals surface area contributed by atoms with Crippen LogP contribution in [0.25, 0.3) is 0 Å². The summed E-state index contributed by atoms with van der Waals surface area (Å²) in [6, 6.07) is 8.00. The lowest BCUT2D eigenvalue weighted by Gasteiger charge is -2.31. The van der Waals surface area contributed by atoms with Crippen molar-refractivity contribution in [1.82, 2.24) is 4.98 Å². The van der Waals surface area contributed by atoms with Gasteiger partial charge in [0, 0.05) is 23.7 Å². The Morgan fingerprint density at radius 2 is 1.47 bits per heavy atom. The number of hydrogen-bond donors (Lipinski definition) is 0. The zero-order valence-electron chi connectivity index (χ0n) is 19.6. The van der Waals surface area contributed by atoms with E-state index in [-0.39, 0.29) is 17.9 Å². The Hall–Kier alpha value is -1.81. The third-order valence-corrected chi connectivity index (χ3v) is 7.53. The lowest BCUT2D eigenvalue weighted by molar-refractivity contribution is -0.00183. The maximum atomic E-state index is 15.1. The van der Waals surface area contributed by atoms with E-state index in [1.54, 1.807) is 0 Å². The summed E-state index contributed by atoms with van der Waals surface area (Å²) in [5.74, 6) is -0.816. The Morgan fingerprint density at radius 1 is 0.812 bits per heavy atom. The van der Waals surface area contributed by atoms with Crippen molar-refractivity contribution in [1.29, 1.82) is 0 Å². The van der Waals surface area contributed by atoms with Gasteiger partial charge in [-0.3, -0.25) is 4.98 Å². The van der Waals surface area contributed by atoms with Gasteiger partial charge in [-0.15, -0.1) is 0 Å². The minimum Gasteiger partial charge on any atom is -0.378 e. The molecule has 0 N–H and O–H groups in total. The van der Waals surface area contributed by atoms with Gasteiger partial charge >= 0.3 is 0 Å². The van der Waals surface area contributed by atoms with Crippen LogP contribution in [0.5, 0.6) is 0 Å². The van der Waals surface area contributed by atoms with Crippen LogP contribution < -0.4 is 0 Å². The van der Waals surface area contributed by atoms with Gasteiger partial charge in [0.25, 0.3) is 0 Å². The summed E-state index contributed by atoms with van der Waals surface area (Å²) in [5.41, 5.74) is 3.47. The van der Waals surface area contributed by atoms with Crippen LogP contribution in [0.15, 0.2) is 30.5 Å². The molecule has 2 aliphatic rings. The second-order valence-corrected chi connectivity index (χ2v) is 9.78. The van der Waals surface area contributed by atoms with Crippen LogP contribution in [0.4, 0.5) is 8.78 Å². The fraction of sp³-hybridized carbons (Fsp3) is 0.607. The zero-order valence-corrected chi connectivity index (χ0v) is 19.6. The fourth-order valence-corrected chi connectivity index (χ4v) is 5.62. The molecule has 1 aliphatic carbocycles. The van der Waals surface area contributed by atoms with Gasteiger partial charge in [-0.2, -0.15) is 0 Å². The van der Waals surface area contributed by atoms with Crippen molar-refractivity contribution in [3.8, 4) is 0 Å². The van der Waals surface area contributed by atoms with E-state index in [2.05, 4.69) is 31.0 Å². The maximum absolute atomic E-state index is 15.1. The molecule has 2 fully saturated rings. The number of aromatic nitrogens is 1. The van der Waals surface area contributed by atoms with E-state index in [9.17, 15) is 0 Å². The van der Waals surface area contributed by atoms with Crippen LogP contribution in [0.1, 0.15) is 112 Å². The lowest BCUT2D eigenvalue weighted by atomic mass is 9.76. The summed E-state index contributed by atoms with van der Waals surface area (Å²) in [6.45, 7) is 4.82. The third-order valence-electron chi connectivity index (χ3n) is 7.53. The van der Waals surface area contributed by atoms with Crippen molar-refractivity contribution in [2.45, 2.75) is 102 Å². The Bertz CT molecular complexity index is 866. The van der Waals surface area contributed by atoms with Crippen molar-refractivity contribution in [2.75, 3.05) is 6.61 Å². The van der Waals surface area contributed by atoms with E-state index in [0.717, 1.165) is 69.9 Å². The van der Waals surface area contributed by atoms with Crippen LogP contribution in [0.3, 0.4) is 0 Å². The molecule has 0 amide bonds. The molecule has 32 heavy (non-hydrogen) atoms. The van der Waals surface area contributed by atoms with Gasteiger partial charge in [0.1, 0.15) is 0 Å². The normalized spacial score (nSPS) is 26.2. The van der Waals surface area contributed by atoms with Gasteiger partial charge in [-0.25, -0.2) is 8.78 Å². The highest BCUT2D eigenvalue weighted by Gasteiger charge is 2.30. The van der Waals surface area contributed by atoms with Crippen molar-refractivity contribution < 1.29 is 13.5 Å². The molecule has 174 valence electrons. The van der Waals surface area contributed by atoms with Crippen LogP contribution in [-0.2, 0) is 11.2 Å². The molecule has 2 aromatic rings. The molecule has 2 heterocycles. The number of rotatable bonds is 7. The first-order valence-electron chi connectivity index (χ1n) is 12.6. The Kier molecular flexibility index (Phi) is 7.93. The van der Waals surface area contributed by atoms with Crippen molar-refractivity contribution in [3.63, 3.8) is 0 Å². The van der Waals surface area contributed by atoms with E-state index in [1.165, 1.54) is 5.56 Å². The van der Waals surface area contributed by atoms with E-state index in [0.29, 0.717) is 23.7 Å². The first-order valence-corrected chi connectivity index (χ1v) is 12.6. The highest BCUT2D eigenvalue weighted by molar-refractivity contribution is 5.32. The van der Waals surface area contributed by atoms with Gasteiger partial charge in [0.2, 0.25) is 0 Å². The minimum absolute atomic E-state index is 0.0378. The monoisotopic (exact) mass is 441 g/mol. The van der Waals surface area contributed by atoms with E-state index >= 15 is 8.78 Å². The highest BCUT2D eigenvalue weighted by Crippen LogP contribution is 2.42. The first kappa shape index (κ1) is 23.4. The highest BCUT2D eigenvalue weighted by atomic mass is 19.2. The molecule has 2 unspecified atom stereocenters. The second kappa shape index (κ2) is 10.9. The molecule has 0 bridgehead atoms. The molecule has 4 rings (SSSR count). The second-order valence-electron chi connectivity index (χ2n) is 9.78. The molecular weight excluding hydrogens is 404 g/mol. The topological polar surface area (TPSA) is 22.1 Å². The summed E-state index contributed by atoms with van der Waals surface area (Å²) in [5, 5.41) is 0. The van der Waals surface area contributed by atoms with Crippen molar-refractivity contribution in [3.05, 3.63) is 64.5 Å². The summed E-state index contributed by atoms with van der Waals surface area (Å²) < 4.78 is 36.1. The van der Waals surface area contributed by atoms with E-state index in [4.69, 9.17) is 4.74 Å². The van der Waals surface area contributed by atoms with Gasteiger partial charge in [0.05, 0.1) is 12.7 Å². The predicted molar refractivity (Wildman–Crippen MR) is 125 cm³/mol.